The zero-order chi connectivity index (χ0) is 15.3. The van der Waals surface area contributed by atoms with Crippen LogP contribution in [-0.4, -0.2) is 31.6 Å². The van der Waals surface area contributed by atoms with Crippen LogP contribution in [0.4, 0.5) is 0 Å². The molecule has 1 unspecified atom stereocenters. The Bertz CT molecular complexity index is 474. The molecule has 0 aromatic heterocycles. The summed E-state index contributed by atoms with van der Waals surface area (Å²) in [5, 5.41) is 6.10. The molecule has 4 heteroatoms. The van der Waals surface area contributed by atoms with Crippen molar-refractivity contribution >= 4 is 5.91 Å². The molecule has 0 bridgehead atoms. The summed E-state index contributed by atoms with van der Waals surface area (Å²) in [5.41, 5.74) is 1.36. The van der Waals surface area contributed by atoms with Crippen LogP contribution in [0.25, 0.3) is 0 Å². The zero-order valence-corrected chi connectivity index (χ0v) is 13.2. The first-order chi connectivity index (χ1) is 9.97. The first kappa shape index (κ1) is 15.8. The molecule has 1 atom stereocenters. The van der Waals surface area contributed by atoms with Crippen LogP contribution in [0.3, 0.4) is 0 Å². The van der Waals surface area contributed by atoms with E-state index >= 15 is 0 Å². The van der Waals surface area contributed by atoms with Crippen molar-refractivity contribution in [1.29, 1.82) is 0 Å². The second-order valence-electron chi connectivity index (χ2n) is 6.57. The maximum absolute atomic E-state index is 11.8. The zero-order valence-electron chi connectivity index (χ0n) is 13.2. The molecule has 0 spiro atoms. The molecular weight excluding hydrogens is 264 g/mol. The third-order valence-corrected chi connectivity index (χ3v) is 3.75. The maximum atomic E-state index is 11.8. The summed E-state index contributed by atoms with van der Waals surface area (Å²) in [7, 11) is 0. The molecule has 4 nitrogen and oxygen atoms in total. The Labute approximate surface area is 127 Å². The summed E-state index contributed by atoms with van der Waals surface area (Å²) in [6, 6.07) is 8.13. The standard InChI is InChI=1S/C17H26N2O2/c1-17(2,3)13-6-4-7-14(12-13)21-11-10-19-16(20)15-8-5-9-18-15/h4,6-7,12,15,18H,5,8-11H2,1-3H3,(H,19,20). The Morgan fingerprint density at radius 3 is 2.90 bits per heavy atom. The Morgan fingerprint density at radius 1 is 1.43 bits per heavy atom. The van der Waals surface area contributed by atoms with Crippen molar-refractivity contribution < 1.29 is 9.53 Å². The molecule has 1 fully saturated rings. The highest BCUT2D eigenvalue weighted by atomic mass is 16.5. The van der Waals surface area contributed by atoms with Gasteiger partial charge in [-0.1, -0.05) is 32.9 Å². The largest absolute Gasteiger partial charge is 0.492 e. The Balaban J connectivity index is 1.74. The van der Waals surface area contributed by atoms with Crippen LogP contribution in [0.2, 0.25) is 0 Å². The van der Waals surface area contributed by atoms with Crippen LogP contribution in [-0.2, 0) is 10.2 Å². The fraction of sp³-hybridized carbons (Fsp3) is 0.588. The first-order valence-electron chi connectivity index (χ1n) is 7.71. The molecule has 21 heavy (non-hydrogen) atoms. The van der Waals surface area contributed by atoms with Gasteiger partial charge >= 0.3 is 0 Å². The van der Waals surface area contributed by atoms with E-state index in [0.29, 0.717) is 13.2 Å². The third-order valence-electron chi connectivity index (χ3n) is 3.75. The minimum Gasteiger partial charge on any atom is -0.492 e. The fourth-order valence-electron chi connectivity index (χ4n) is 2.43. The predicted octanol–water partition coefficient (Wildman–Crippen LogP) is 2.23. The molecule has 0 radical (unpaired) electrons. The normalized spacial score (nSPS) is 18.5. The van der Waals surface area contributed by atoms with Gasteiger partial charge in [0.05, 0.1) is 12.6 Å². The van der Waals surface area contributed by atoms with Crippen LogP contribution in [0.5, 0.6) is 5.75 Å². The van der Waals surface area contributed by atoms with Crippen molar-refractivity contribution in [3.63, 3.8) is 0 Å². The molecule has 1 aliphatic heterocycles. The van der Waals surface area contributed by atoms with Gasteiger partial charge in [-0.05, 0) is 42.5 Å². The molecule has 1 aromatic rings. The van der Waals surface area contributed by atoms with E-state index in [9.17, 15) is 4.79 Å². The van der Waals surface area contributed by atoms with Crippen molar-refractivity contribution in [3.05, 3.63) is 29.8 Å². The van der Waals surface area contributed by atoms with E-state index in [1.165, 1.54) is 5.56 Å². The predicted molar refractivity (Wildman–Crippen MR) is 84.7 cm³/mol. The average Bonchev–Trinajstić information content (AvgIpc) is 2.97. The molecule has 2 N–H and O–H groups in total. The number of carbonyl (C=O) groups excluding carboxylic acids is 1. The molecule has 1 saturated heterocycles. The van der Waals surface area contributed by atoms with Gasteiger partial charge in [-0.3, -0.25) is 4.79 Å². The highest BCUT2D eigenvalue weighted by molar-refractivity contribution is 5.81. The topological polar surface area (TPSA) is 50.4 Å². The lowest BCUT2D eigenvalue weighted by atomic mass is 9.87. The van der Waals surface area contributed by atoms with Gasteiger partial charge in [0.2, 0.25) is 5.91 Å². The highest BCUT2D eigenvalue weighted by Crippen LogP contribution is 2.25. The smallest absolute Gasteiger partial charge is 0.237 e. The van der Waals surface area contributed by atoms with Crippen molar-refractivity contribution in [2.45, 2.75) is 45.1 Å². The monoisotopic (exact) mass is 290 g/mol. The lowest BCUT2D eigenvalue weighted by molar-refractivity contribution is -0.122. The fourth-order valence-corrected chi connectivity index (χ4v) is 2.43. The Kier molecular flexibility index (Phi) is 5.23. The van der Waals surface area contributed by atoms with E-state index in [0.717, 1.165) is 25.1 Å². The number of carbonyl (C=O) groups is 1. The van der Waals surface area contributed by atoms with Gasteiger partial charge in [-0.15, -0.1) is 0 Å². The quantitative estimate of drug-likeness (QED) is 0.818. The maximum Gasteiger partial charge on any atom is 0.237 e. The van der Waals surface area contributed by atoms with E-state index < -0.39 is 0 Å². The minimum atomic E-state index is -0.0192. The van der Waals surface area contributed by atoms with E-state index in [2.05, 4.69) is 43.5 Å². The summed E-state index contributed by atoms with van der Waals surface area (Å²) >= 11 is 0. The van der Waals surface area contributed by atoms with Gasteiger partial charge in [-0.2, -0.15) is 0 Å². The van der Waals surface area contributed by atoms with E-state index in [1.54, 1.807) is 0 Å². The lowest BCUT2D eigenvalue weighted by Crippen LogP contribution is -2.41. The minimum absolute atomic E-state index is 0.0192. The van der Waals surface area contributed by atoms with Crippen LogP contribution >= 0.6 is 0 Å². The molecule has 2 rings (SSSR count). The molecule has 1 aromatic carbocycles. The van der Waals surface area contributed by atoms with Gasteiger partial charge in [0.1, 0.15) is 12.4 Å². The molecule has 0 saturated carbocycles. The summed E-state index contributed by atoms with van der Waals surface area (Å²) < 4.78 is 5.72. The number of rotatable bonds is 5. The second kappa shape index (κ2) is 6.94. The molecule has 1 heterocycles. The SMILES string of the molecule is CC(C)(C)c1cccc(OCCNC(=O)C2CCCN2)c1. The van der Waals surface area contributed by atoms with Crippen LogP contribution in [0.15, 0.2) is 24.3 Å². The molecular formula is C17H26N2O2. The molecule has 1 aliphatic rings. The van der Waals surface area contributed by atoms with Crippen molar-refractivity contribution in [2.24, 2.45) is 0 Å². The van der Waals surface area contributed by atoms with Crippen molar-refractivity contribution in [1.82, 2.24) is 10.6 Å². The van der Waals surface area contributed by atoms with E-state index in [-0.39, 0.29) is 17.4 Å². The summed E-state index contributed by atoms with van der Waals surface area (Å²) in [6.45, 7) is 8.51. The highest BCUT2D eigenvalue weighted by Gasteiger charge is 2.21. The summed E-state index contributed by atoms with van der Waals surface area (Å²) in [5.74, 6) is 0.940. The van der Waals surface area contributed by atoms with E-state index in [1.807, 2.05) is 12.1 Å². The first-order valence-corrected chi connectivity index (χ1v) is 7.71. The van der Waals surface area contributed by atoms with Crippen molar-refractivity contribution in [2.75, 3.05) is 19.7 Å². The van der Waals surface area contributed by atoms with Crippen LogP contribution < -0.4 is 15.4 Å². The number of hydrogen-bond acceptors (Lipinski definition) is 3. The molecule has 116 valence electrons. The van der Waals surface area contributed by atoms with E-state index in [4.69, 9.17) is 4.74 Å². The lowest BCUT2D eigenvalue weighted by Gasteiger charge is -2.19. The number of nitrogens with one attached hydrogen (secondary N) is 2. The van der Waals surface area contributed by atoms with Crippen molar-refractivity contribution in [3.8, 4) is 5.75 Å². The molecule has 0 aliphatic carbocycles. The summed E-state index contributed by atoms with van der Waals surface area (Å²) in [6.07, 6.45) is 2.01. The molecule has 1 amide bonds. The van der Waals surface area contributed by atoms with Gasteiger partial charge in [0, 0.05) is 0 Å². The van der Waals surface area contributed by atoms with Gasteiger partial charge in [-0.25, -0.2) is 0 Å². The Morgan fingerprint density at radius 2 is 2.24 bits per heavy atom. The van der Waals surface area contributed by atoms with Gasteiger partial charge in [0.25, 0.3) is 0 Å². The van der Waals surface area contributed by atoms with Gasteiger partial charge < -0.3 is 15.4 Å². The number of benzene rings is 1. The third kappa shape index (κ3) is 4.74. The summed E-state index contributed by atoms with van der Waals surface area (Å²) in [4.78, 5) is 11.8. The second-order valence-corrected chi connectivity index (χ2v) is 6.57. The van der Waals surface area contributed by atoms with Crippen LogP contribution in [0, 0.1) is 0 Å². The average molecular weight is 290 g/mol. The number of ether oxygens (including phenoxy) is 1. The van der Waals surface area contributed by atoms with Crippen LogP contribution in [0.1, 0.15) is 39.2 Å². The number of amides is 1. The van der Waals surface area contributed by atoms with Gasteiger partial charge in [0.15, 0.2) is 0 Å². The number of hydrogen-bond donors (Lipinski definition) is 2. The Hall–Kier alpha value is -1.55.